The maximum absolute atomic E-state index is 2.46. The van der Waals surface area contributed by atoms with E-state index in [4.69, 9.17) is 0 Å². The molecule has 0 aliphatic heterocycles. The van der Waals surface area contributed by atoms with Crippen LogP contribution in [0.3, 0.4) is 0 Å². The number of hydrogen-bond acceptors (Lipinski definition) is 0. The van der Waals surface area contributed by atoms with Gasteiger partial charge in [-0.25, -0.2) is 0 Å². The van der Waals surface area contributed by atoms with E-state index in [9.17, 15) is 0 Å². The molecule has 0 bridgehead atoms. The van der Waals surface area contributed by atoms with Gasteiger partial charge in [-0.2, -0.15) is 0 Å². The topological polar surface area (TPSA) is 0 Å². The molecule has 0 aromatic heterocycles. The summed E-state index contributed by atoms with van der Waals surface area (Å²) >= 11 is 0. The zero-order valence-corrected chi connectivity index (χ0v) is 32.1. The Morgan fingerprint density at radius 1 is 0.246 bits per heavy atom. The first-order chi connectivity index (χ1) is 28.1. The highest BCUT2D eigenvalue weighted by molar-refractivity contribution is 6.41. The Morgan fingerprint density at radius 2 is 0.667 bits per heavy atom. The van der Waals surface area contributed by atoms with Gasteiger partial charge in [0, 0.05) is 0 Å². The minimum absolute atomic E-state index is 1.23. The van der Waals surface area contributed by atoms with Crippen molar-refractivity contribution in [2.24, 2.45) is 0 Å². The molecule has 0 radical (unpaired) electrons. The molecule has 0 saturated heterocycles. The number of hydrogen-bond donors (Lipinski definition) is 0. The normalized spacial score (nSPS) is 12.5. The van der Waals surface area contributed by atoms with Crippen LogP contribution in [0.25, 0.3) is 132 Å². The molecule has 0 heterocycles. The van der Waals surface area contributed by atoms with Crippen LogP contribution >= 0.6 is 0 Å². The van der Waals surface area contributed by atoms with Crippen LogP contribution in [-0.2, 0) is 0 Å². The molecular formula is C57H36. The molecule has 264 valence electrons. The molecule has 2 aliphatic rings. The number of aryl methyl sites for hydroxylation is 3. The van der Waals surface area contributed by atoms with Gasteiger partial charge in [0.15, 0.2) is 0 Å². The molecule has 0 fully saturated rings. The van der Waals surface area contributed by atoms with Crippen LogP contribution in [-0.4, -0.2) is 0 Å². The smallest absolute Gasteiger partial charge is 0.000718 e. The fourth-order valence-corrected chi connectivity index (χ4v) is 11.4. The molecule has 0 amide bonds. The van der Waals surface area contributed by atoms with Gasteiger partial charge in [-0.15, -0.1) is 0 Å². The van der Waals surface area contributed by atoms with Crippen LogP contribution in [0, 0.1) is 20.8 Å². The largest absolute Gasteiger partial charge is 0.0622 e. The molecule has 0 saturated carbocycles. The Hall–Kier alpha value is -7.02. The average molecular weight is 721 g/mol. The van der Waals surface area contributed by atoms with E-state index in [2.05, 4.69) is 185 Å². The molecule has 0 nitrogen and oxygen atoms in total. The van der Waals surface area contributed by atoms with Crippen molar-refractivity contribution in [2.45, 2.75) is 20.8 Å². The predicted octanol–water partition coefficient (Wildman–Crippen LogP) is 16.1. The van der Waals surface area contributed by atoms with Crippen LogP contribution in [0.1, 0.15) is 16.7 Å². The first-order valence-electron chi connectivity index (χ1n) is 20.2. The summed E-state index contributed by atoms with van der Waals surface area (Å²) in [6.07, 6.45) is 0. The summed E-state index contributed by atoms with van der Waals surface area (Å²) in [6.45, 7) is 6.83. The van der Waals surface area contributed by atoms with Gasteiger partial charge >= 0.3 is 0 Å². The molecular weight excluding hydrogens is 685 g/mol. The standard InChI is InChI=1S/C57H36/c1-31-29-32(2)49(33(3)30-31)55-40-20-12-11-19-39(40)53(38-18-10-7-15-35(38)34-13-5-4-6-14-34)56-47-27-25-45-43-23-21-41-36-16-8-9-17-37(36)42-22-24-44(51(43)50(41)42)46-26-28-48(57(55)56)54(47)52(45)46/h4-30H,1-3H3. The van der Waals surface area contributed by atoms with Crippen LogP contribution in [0.15, 0.2) is 164 Å². The van der Waals surface area contributed by atoms with Crippen LogP contribution in [0.4, 0.5) is 0 Å². The first kappa shape index (κ1) is 31.2. The van der Waals surface area contributed by atoms with E-state index in [-0.39, 0.29) is 0 Å². The van der Waals surface area contributed by atoms with Crippen molar-refractivity contribution < 1.29 is 0 Å². The van der Waals surface area contributed by atoms with E-state index in [1.807, 2.05) is 0 Å². The van der Waals surface area contributed by atoms with Gasteiger partial charge in [-0.3, -0.25) is 0 Å². The summed E-state index contributed by atoms with van der Waals surface area (Å²) in [7, 11) is 0. The van der Waals surface area contributed by atoms with E-state index in [0.29, 0.717) is 0 Å². The van der Waals surface area contributed by atoms with E-state index >= 15 is 0 Å². The summed E-state index contributed by atoms with van der Waals surface area (Å²) < 4.78 is 0. The molecule has 57 heavy (non-hydrogen) atoms. The van der Waals surface area contributed by atoms with Gasteiger partial charge < -0.3 is 0 Å². The Labute approximate surface area is 331 Å². The average Bonchev–Trinajstić information content (AvgIpc) is 3.76. The lowest BCUT2D eigenvalue weighted by Gasteiger charge is -2.24. The van der Waals surface area contributed by atoms with Crippen molar-refractivity contribution in [1.82, 2.24) is 0 Å². The highest BCUT2D eigenvalue weighted by Crippen LogP contribution is 2.61. The van der Waals surface area contributed by atoms with E-state index < -0.39 is 0 Å². The van der Waals surface area contributed by atoms with Crippen molar-refractivity contribution in [3.8, 4) is 77.9 Å². The van der Waals surface area contributed by atoms with Gasteiger partial charge in [0.05, 0.1) is 0 Å². The summed E-state index contributed by atoms with van der Waals surface area (Å²) in [5, 5.41) is 13.5. The van der Waals surface area contributed by atoms with Crippen molar-refractivity contribution in [3.63, 3.8) is 0 Å². The predicted molar refractivity (Wildman–Crippen MR) is 245 cm³/mol. The molecule has 0 N–H and O–H groups in total. The maximum Gasteiger partial charge on any atom is -0.000718 e. The quantitative estimate of drug-likeness (QED) is 0.126. The van der Waals surface area contributed by atoms with E-state index in [1.165, 1.54) is 148 Å². The lowest BCUT2D eigenvalue weighted by Crippen LogP contribution is -1.98. The minimum atomic E-state index is 1.23. The fraction of sp³-hybridized carbons (Fsp3) is 0.0526. The molecule has 11 aromatic carbocycles. The zero-order chi connectivity index (χ0) is 37.7. The Balaban J connectivity index is 1.22. The molecule has 11 aromatic rings. The second-order valence-corrected chi connectivity index (χ2v) is 16.4. The number of rotatable bonds is 3. The highest BCUT2D eigenvalue weighted by Gasteiger charge is 2.34. The second-order valence-electron chi connectivity index (χ2n) is 16.4. The van der Waals surface area contributed by atoms with Crippen molar-refractivity contribution in [2.75, 3.05) is 0 Å². The van der Waals surface area contributed by atoms with Gasteiger partial charge in [-0.1, -0.05) is 169 Å². The summed E-state index contributed by atoms with van der Waals surface area (Å²) in [6, 6.07) is 62.2. The second kappa shape index (κ2) is 11.1. The summed E-state index contributed by atoms with van der Waals surface area (Å²) in [5.74, 6) is 0. The fourth-order valence-electron chi connectivity index (χ4n) is 11.4. The third-order valence-corrected chi connectivity index (χ3v) is 13.4. The molecule has 13 rings (SSSR count). The van der Waals surface area contributed by atoms with Crippen LogP contribution in [0.2, 0.25) is 0 Å². The zero-order valence-electron chi connectivity index (χ0n) is 32.1. The van der Waals surface area contributed by atoms with Crippen molar-refractivity contribution in [1.29, 1.82) is 0 Å². The molecule has 0 unspecified atom stereocenters. The van der Waals surface area contributed by atoms with Crippen LogP contribution < -0.4 is 0 Å². The maximum atomic E-state index is 2.46. The number of fused-ring (bicyclic) bond motifs is 9. The Kier molecular flexibility index (Phi) is 6.06. The molecule has 2 aliphatic carbocycles. The van der Waals surface area contributed by atoms with E-state index in [0.717, 1.165) is 0 Å². The van der Waals surface area contributed by atoms with E-state index in [1.54, 1.807) is 0 Å². The monoisotopic (exact) mass is 720 g/mol. The van der Waals surface area contributed by atoms with Crippen molar-refractivity contribution in [3.05, 3.63) is 180 Å². The Morgan fingerprint density at radius 3 is 1.23 bits per heavy atom. The van der Waals surface area contributed by atoms with Gasteiger partial charge in [0.2, 0.25) is 0 Å². The first-order valence-corrected chi connectivity index (χ1v) is 20.2. The third-order valence-electron chi connectivity index (χ3n) is 13.4. The van der Waals surface area contributed by atoms with Gasteiger partial charge in [-0.05, 0) is 164 Å². The lowest BCUT2D eigenvalue weighted by atomic mass is 9.79. The third kappa shape index (κ3) is 3.92. The molecule has 0 heteroatoms. The molecule has 0 atom stereocenters. The SMILES string of the molecule is Cc1cc(C)c(-c2c3c(c(-c4ccccc4-c4ccccc4)c4ccccc24)-c2ccc4c5ccc6c7c(ccc(c8ccc-3c2c48)c75)-c2ccccc2-6)c(C)c1. The number of benzene rings is 11. The minimum Gasteiger partial charge on any atom is -0.0622 e. The Bertz CT molecular complexity index is 3480. The molecule has 0 spiro atoms. The van der Waals surface area contributed by atoms with Gasteiger partial charge in [0.1, 0.15) is 0 Å². The highest BCUT2D eigenvalue weighted by atomic mass is 14.4. The van der Waals surface area contributed by atoms with Crippen LogP contribution in [0.5, 0.6) is 0 Å². The summed E-state index contributed by atoms with van der Waals surface area (Å²) in [5.41, 5.74) is 22.5. The van der Waals surface area contributed by atoms with Gasteiger partial charge in [0.25, 0.3) is 0 Å². The summed E-state index contributed by atoms with van der Waals surface area (Å²) in [4.78, 5) is 0. The lowest BCUT2D eigenvalue weighted by molar-refractivity contribution is 1.32. The van der Waals surface area contributed by atoms with Crippen molar-refractivity contribution >= 4 is 53.9 Å².